The second-order valence-electron chi connectivity index (χ2n) is 5.27. The number of piperidine rings is 1. The number of aromatic nitrogens is 4. The number of hydrogen-bond donors (Lipinski definition) is 2. The first-order valence-corrected chi connectivity index (χ1v) is 7.14. The average Bonchev–Trinajstić information content (AvgIpc) is 3.08. The summed E-state index contributed by atoms with van der Waals surface area (Å²) in [6, 6.07) is 3.40. The van der Waals surface area contributed by atoms with Gasteiger partial charge >= 0.3 is 5.97 Å². The smallest absolute Gasteiger partial charge is 0.356 e. The fraction of sp³-hybridized carbons (Fsp3) is 0.429. The van der Waals surface area contributed by atoms with Crippen molar-refractivity contribution in [2.24, 2.45) is 0 Å². The van der Waals surface area contributed by atoms with E-state index in [1.807, 2.05) is 11.0 Å². The van der Waals surface area contributed by atoms with Gasteiger partial charge in [-0.25, -0.2) is 9.78 Å². The summed E-state index contributed by atoms with van der Waals surface area (Å²) in [4.78, 5) is 22.2. The number of H-pyrrole nitrogens is 1. The number of nitrogens with two attached hydrogens (primary N) is 1. The van der Waals surface area contributed by atoms with Crippen LogP contribution in [-0.4, -0.2) is 46.3 Å². The van der Waals surface area contributed by atoms with E-state index in [4.69, 9.17) is 10.5 Å². The molecule has 2 aromatic heterocycles. The molecule has 1 fully saturated rings. The van der Waals surface area contributed by atoms with Crippen molar-refractivity contribution in [2.75, 3.05) is 30.8 Å². The number of nitrogens with one attached hydrogen (secondary N) is 1. The molecule has 8 nitrogen and oxygen atoms in total. The van der Waals surface area contributed by atoms with Crippen molar-refractivity contribution in [2.45, 2.75) is 18.8 Å². The lowest BCUT2D eigenvalue weighted by atomic mass is 9.95. The highest BCUT2D eigenvalue weighted by molar-refractivity contribution is 5.88. The Morgan fingerprint density at radius 2 is 2.30 bits per heavy atom. The largest absolute Gasteiger partial charge is 0.464 e. The summed E-state index contributed by atoms with van der Waals surface area (Å²) < 4.78 is 4.70. The van der Waals surface area contributed by atoms with Crippen LogP contribution < -0.4 is 10.6 Å². The Labute approximate surface area is 139 Å². The number of methoxy groups -OCH3 is 1. The summed E-state index contributed by atoms with van der Waals surface area (Å²) in [6.07, 6.45) is 3.83. The van der Waals surface area contributed by atoms with E-state index in [1.54, 1.807) is 6.20 Å². The lowest BCUT2D eigenvalue weighted by Gasteiger charge is -2.32. The molecule has 124 valence electrons. The molecule has 1 saturated heterocycles. The summed E-state index contributed by atoms with van der Waals surface area (Å²) in [5.41, 5.74) is 7.06. The molecule has 1 aliphatic rings. The second-order valence-corrected chi connectivity index (χ2v) is 5.27. The van der Waals surface area contributed by atoms with E-state index < -0.39 is 5.97 Å². The van der Waals surface area contributed by atoms with Gasteiger partial charge in [0.05, 0.1) is 7.11 Å². The molecular weight excluding hydrogens is 320 g/mol. The van der Waals surface area contributed by atoms with Gasteiger partial charge < -0.3 is 15.4 Å². The van der Waals surface area contributed by atoms with Crippen LogP contribution in [-0.2, 0) is 4.74 Å². The second kappa shape index (κ2) is 7.28. The van der Waals surface area contributed by atoms with Crippen molar-refractivity contribution >= 4 is 30.1 Å². The Balaban J connectivity index is 0.00000192. The SMILES string of the molecule is COC(=O)c1cc(N)nc(N2CCCC(c3ccn[nH]3)C2)n1.Cl. The monoisotopic (exact) mass is 338 g/mol. The Morgan fingerprint density at radius 1 is 1.48 bits per heavy atom. The molecule has 1 atom stereocenters. The van der Waals surface area contributed by atoms with Crippen LogP contribution in [0.3, 0.4) is 0 Å². The lowest BCUT2D eigenvalue weighted by Crippen LogP contribution is -2.36. The van der Waals surface area contributed by atoms with Gasteiger partial charge in [0, 0.05) is 37.0 Å². The van der Waals surface area contributed by atoms with E-state index in [0.29, 0.717) is 11.9 Å². The molecule has 0 aliphatic carbocycles. The van der Waals surface area contributed by atoms with Crippen LogP contribution in [0.25, 0.3) is 0 Å². The van der Waals surface area contributed by atoms with E-state index in [2.05, 4.69) is 20.2 Å². The van der Waals surface area contributed by atoms with E-state index in [1.165, 1.54) is 13.2 Å². The van der Waals surface area contributed by atoms with Crippen LogP contribution in [0.15, 0.2) is 18.3 Å². The number of carbonyl (C=O) groups excluding carboxylic acids is 1. The molecule has 0 radical (unpaired) electrons. The molecule has 0 amide bonds. The predicted octanol–water partition coefficient (Wildman–Crippen LogP) is 1.37. The molecule has 0 aromatic carbocycles. The van der Waals surface area contributed by atoms with Gasteiger partial charge in [0.15, 0.2) is 5.69 Å². The molecule has 0 saturated carbocycles. The van der Waals surface area contributed by atoms with Crippen molar-refractivity contribution in [3.8, 4) is 0 Å². The maximum atomic E-state index is 11.7. The van der Waals surface area contributed by atoms with Crippen LogP contribution in [0.4, 0.5) is 11.8 Å². The predicted molar refractivity (Wildman–Crippen MR) is 87.8 cm³/mol. The zero-order chi connectivity index (χ0) is 15.5. The zero-order valence-corrected chi connectivity index (χ0v) is 13.5. The number of esters is 1. The Morgan fingerprint density at radius 3 is 3.00 bits per heavy atom. The normalized spacial score (nSPS) is 17.4. The fourth-order valence-corrected chi connectivity index (χ4v) is 2.71. The molecule has 0 bridgehead atoms. The minimum atomic E-state index is -0.516. The van der Waals surface area contributed by atoms with Gasteiger partial charge in [0.1, 0.15) is 5.82 Å². The first-order valence-electron chi connectivity index (χ1n) is 7.14. The van der Waals surface area contributed by atoms with Crippen molar-refractivity contribution in [1.29, 1.82) is 0 Å². The zero-order valence-electron chi connectivity index (χ0n) is 12.7. The highest BCUT2D eigenvalue weighted by Gasteiger charge is 2.25. The number of ether oxygens (including phenoxy) is 1. The molecular formula is C14H19ClN6O2. The van der Waals surface area contributed by atoms with E-state index >= 15 is 0 Å². The van der Waals surface area contributed by atoms with Gasteiger partial charge in [-0.05, 0) is 18.9 Å². The summed E-state index contributed by atoms with van der Waals surface area (Å²) in [5.74, 6) is 0.541. The minimum Gasteiger partial charge on any atom is -0.464 e. The Bertz CT molecular complexity index is 663. The van der Waals surface area contributed by atoms with Gasteiger partial charge in [-0.2, -0.15) is 10.1 Å². The van der Waals surface area contributed by atoms with Crippen molar-refractivity contribution < 1.29 is 9.53 Å². The maximum absolute atomic E-state index is 11.7. The first kappa shape index (κ1) is 17.0. The first-order chi connectivity index (χ1) is 10.7. The van der Waals surface area contributed by atoms with Gasteiger partial charge in [-0.15, -0.1) is 12.4 Å². The van der Waals surface area contributed by atoms with Crippen LogP contribution in [0.1, 0.15) is 34.9 Å². The van der Waals surface area contributed by atoms with Crippen LogP contribution >= 0.6 is 12.4 Å². The molecule has 1 unspecified atom stereocenters. The molecule has 3 rings (SSSR count). The molecule has 0 spiro atoms. The van der Waals surface area contributed by atoms with Crippen molar-refractivity contribution in [3.63, 3.8) is 0 Å². The van der Waals surface area contributed by atoms with E-state index in [0.717, 1.165) is 31.6 Å². The summed E-state index contributed by atoms with van der Waals surface area (Å²) in [5, 5.41) is 7.01. The number of nitrogens with zero attached hydrogens (tertiary/aromatic N) is 4. The molecule has 1 aliphatic heterocycles. The Hall–Kier alpha value is -2.35. The molecule has 9 heteroatoms. The van der Waals surface area contributed by atoms with E-state index in [-0.39, 0.29) is 23.9 Å². The van der Waals surface area contributed by atoms with E-state index in [9.17, 15) is 4.79 Å². The number of carbonyl (C=O) groups is 1. The van der Waals surface area contributed by atoms with Gasteiger partial charge in [-0.3, -0.25) is 5.10 Å². The number of halogens is 1. The summed E-state index contributed by atoms with van der Waals surface area (Å²) in [6.45, 7) is 1.58. The standard InChI is InChI=1S/C14H18N6O2.ClH/c1-22-13(21)11-7-12(15)18-14(17-11)20-6-2-3-9(8-20)10-4-5-16-19-10;/h4-5,7,9H,2-3,6,8H2,1H3,(H,16,19)(H2,15,17,18);1H. The highest BCUT2D eigenvalue weighted by Crippen LogP contribution is 2.27. The topological polar surface area (TPSA) is 110 Å². The third-order valence-corrected chi connectivity index (χ3v) is 3.80. The maximum Gasteiger partial charge on any atom is 0.356 e. The highest BCUT2D eigenvalue weighted by atomic mass is 35.5. The number of hydrogen-bond acceptors (Lipinski definition) is 7. The molecule has 2 aromatic rings. The van der Waals surface area contributed by atoms with Crippen molar-refractivity contribution in [3.05, 3.63) is 29.7 Å². The summed E-state index contributed by atoms with van der Waals surface area (Å²) in [7, 11) is 1.31. The third kappa shape index (κ3) is 3.70. The molecule has 23 heavy (non-hydrogen) atoms. The summed E-state index contributed by atoms with van der Waals surface area (Å²) >= 11 is 0. The lowest BCUT2D eigenvalue weighted by molar-refractivity contribution is 0.0594. The molecule has 3 heterocycles. The van der Waals surface area contributed by atoms with Gasteiger partial charge in [-0.1, -0.05) is 0 Å². The van der Waals surface area contributed by atoms with Crippen LogP contribution in [0.5, 0.6) is 0 Å². The number of aromatic amines is 1. The van der Waals surface area contributed by atoms with Gasteiger partial charge in [0.2, 0.25) is 5.95 Å². The fourth-order valence-electron chi connectivity index (χ4n) is 2.71. The number of nitrogen functional groups attached to an aromatic ring is 1. The number of rotatable bonds is 3. The minimum absolute atomic E-state index is 0. The van der Waals surface area contributed by atoms with Gasteiger partial charge in [0.25, 0.3) is 0 Å². The number of anilines is 2. The quantitative estimate of drug-likeness (QED) is 0.813. The van der Waals surface area contributed by atoms with Crippen LogP contribution in [0, 0.1) is 0 Å². The molecule has 3 N–H and O–H groups in total. The van der Waals surface area contributed by atoms with Crippen molar-refractivity contribution in [1.82, 2.24) is 20.2 Å². The average molecular weight is 339 g/mol. The third-order valence-electron chi connectivity index (χ3n) is 3.80. The Kier molecular flexibility index (Phi) is 5.38. The van der Waals surface area contributed by atoms with Crippen LogP contribution in [0.2, 0.25) is 0 Å².